The van der Waals surface area contributed by atoms with Crippen LogP contribution < -0.4 is 0 Å². The average Bonchev–Trinajstić information content (AvgIpc) is 3.06. The standard InChI is InChI=1S/C23H32FN3O2/c1-16-3-4-19(20(24)15-16)22(28)27-13-7-18(8-14-27)17-5-11-26(12-6-17)21-9-10-25(2)23(21)29/h3-4,15,17-18,21H,5-14H2,1-2H3. The van der Waals surface area contributed by atoms with Gasteiger partial charge in [0.25, 0.3) is 5.91 Å². The zero-order valence-electron chi connectivity index (χ0n) is 17.6. The third-order valence-corrected chi connectivity index (χ3v) is 7.26. The Hall–Kier alpha value is -1.95. The van der Waals surface area contributed by atoms with E-state index < -0.39 is 5.82 Å². The van der Waals surface area contributed by atoms with Crippen LogP contribution in [0, 0.1) is 24.6 Å². The first-order chi connectivity index (χ1) is 13.9. The van der Waals surface area contributed by atoms with Crippen LogP contribution >= 0.6 is 0 Å². The summed E-state index contributed by atoms with van der Waals surface area (Å²) in [5.41, 5.74) is 1.02. The Morgan fingerprint density at radius 1 is 0.966 bits per heavy atom. The van der Waals surface area contributed by atoms with E-state index >= 15 is 0 Å². The molecular formula is C23H32FN3O2. The van der Waals surface area contributed by atoms with Gasteiger partial charge in [-0.3, -0.25) is 14.5 Å². The molecule has 4 rings (SSSR count). The van der Waals surface area contributed by atoms with Crippen molar-refractivity contribution in [2.75, 3.05) is 39.8 Å². The Labute approximate surface area is 172 Å². The maximum absolute atomic E-state index is 14.2. The predicted molar refractivity (Wildman–Crippen MR) is 110 cm³/mol. The van der Waals surface area contributed by atoms with E-state index in [-0.39, 0.29) is 23.4 Å². The second kappa shape index (κ2) is 8.42. The van der Waals surface area contributed by atoms with Gasteiger partial charge < -0.3 is 9.80 Å². The van der Waals surface area contributed by atoms with Gasteiger partial charge in [-0.25, -0.2) is 4.39 Å². The lowest BCUT2D eigenvalue weighted by Crippen LogP contribution is -2.47. The summed E-state index contributed by atoms with van der Waals surface area (Å²) in [5, 5.41) is 0. The molecular weight excluding hydrogens is 369 g/mol. The molecule has 0 N–H and O–H groups in total. The molecule has 3 aliphatic heterocycles. The second-order valence-electron chi connectivity index (χ2n) is 9.05. The summed E-state index contributed by atoms with van der Waals surface area (Å²) in [5.74, 6) is 0.981. The highest BCUT2D eigenvalue weighted by molar-refractivity contribution is 5.94. The maximum atomic E-state index is 14.2. The molecule has 3 saturated heterocycles. The highest BCUT2D eigenvalue weighted by Gasteiger charge is 2.37. The van der Waals surface area contributed by atoms with Crippen LogP contribution in [-0.2, 0) is 4.79 Å². The molecule has 0 spiro atoms. The van der Waals surface area contributed by atoms with E-state index in [2.05, 4.69) is 4.90 Å². The van der Waals surface area contributed by atoms with Crippen molar-refractivity contribution in [3.8, 4) is 0 Å². The van der Waals surface area contributed by atoms with Crippen molar-refractivity contribution in [3.05, 3.63) is 35.1 Å². The number of hydrogen-bond acceptors (Lipinski definition) is 3. The largest absolute Gasteiger partial charge is 0.344 e. The second-order valence-corrected chi connectivity index (χ2v) is 9.05. The molecule has 1 atom stereocenters. The number of likely N-dealkylation sites (N-methyl/N-ethyl adjacent to an activating group) is 1. The number of carbonyl (C=O) groups is 2. The molecule has 3 aliphatic rings. The van der Waals surface area contributed by atoms with Gasteiger partial charge in [0.05, 0.1) is 11.6 Å². The SMILES string of the molecule is Cc1ccc(C(=O)N2CCC(C3CCN(C4CCN(C)C4=O)CC3)CC2)c(F)c1. The summed E-state index contributed by atoms with van der Waals surface area (Å²) >= 11 is 0. The van der Waals surface area contributed by atoms with Crippen molar-refractivity contribution in [1.29, 1.82) is 0 Å². The average molecular weight is 402 g/mol. The first-order valence-electron chi connectivity index (χ1n) is 11.0. The Morgan fingerprint density at radius 3 is 2.14 bits per heavy atom. The number of amides is 2. The van der Waals surface area contributed by atoms with Gasteiger partial charge in [0.1, 0.15) is 5.82 Å². The third-order valence-electron chi connectivity index (χ3n) is 7.26. The first-order valence-corrected chi connectivity index (χ1v) is 11.0. The number of carbonyl (C=O) groups excluding carboxylic acids is 2. The van der Waals surface area contributed by atoms with E-state index in [4.69, 9.17) is 0 Å². The molecule has 29 heavy (non-hydrogen) atoms. The van der Waals surface area contributed by atoms with E-state index in [0.29, 0.717) is 24.9 Å². The molecule has 0 aromatic heterocycles. The summed E-state index contributed by atoms with van der Waals surface area (Å²) < 4.78 is 14.2. The lowest BCUT2D eigenvalue weighted by atomic mass is 9.78. The number of hydrogen-bond donors (Lipinski definition) is 0. The van der Waals surface area contributed by atoms with Gasteiger partial charge in [0, 0.05) is 26.7 Å². The normalized spacial score (nSPS) is 25.1. The van der Waals surface area contributed by atoms with Crippen molar-refractivity contribution < 1.29 is 14.0 Å². The zero-order chi connectivity index (χ0) is 20.5. The highest BCUT2D eigenvalue weighted by atomic mass is 19.1. The van der Waals surface area contributed by atoms with E-state index in [1.807, 2.05) is 23.8 Å². The van der Waals surface area contributed by atoms with E-state index in [0.717, 1.165) is 57.3 Å². The van der Waals surface area contributed by atoms with Crippen LogP contribution in [-0.4, -0.2) is 72.3 Å². The number of halogens is 1. The van der Waals surface area contributed by atoms with E-state index in [9.17, 15) is 14.0 Å². The van der Waals surface area contributed by atoms with Crippen LogP contribution in [0.4, 0.5) is 4.39 Å². The topological polar surface area (TPSA) is 43.9 Å². The molecule has 3 fully saturated rings. The monoisotopic (exact) mass is 401 g/mol. The Morgan fingerprint density at radius 2 is 1.59 bits per heavy atom. The van der Waals surface area contributed by atoms with Crippen LogP contribution in [0.2, 0.25) is 0 Å². The first kappa shape index (κ1) is 20.3. The molecule has 1 aromatic rings. The highest BCUT2D eigenvalue weighted by Crippen LogP contribution is 2.34. The summed E-state index contributed by atoms with van der Waals surface area (Å²) in [7, 11) is 1.90. The fraction of sp³-hybridized carbons (Fsp3) is 0.652. The Bertz CT molecular complexity index is 767. The van der Waals surface area contributed by atoms with Gasteiger partial charge >= 0.3 is 0 Å². The molecule has 6 heteroatoms. The van der Waals surface area contributed by atoms with Gasteiger partial charge in [-0.1, -0.05) is 6.07 Å². The number of likely N-dealkylation sites (tertiary alicyclic amines) is 3. The molecule has 3 heterocycles. The minimum Gasteiger partial charge on any atom is -0.344 e. The Kier molecular flexibility index (Phi) is 5.91. The molecule has 2 amide bonds. The predicted octanol–water partition coefficient (Wildman–Crippen LogP) is 2.93. The van der Waals surface area contributed by atoms with Crippen molar-refractivity contribution in [1.82, 2.24) is 14.7 Å². The van der Waals surface area contributed by atoms with Gasteiger partial charge in [-0.15, -0.1) is 0 Å². The number of aryl methyl sites for hydroxylation is 1. The quantitative estimate of drug-likeness (QED) is 0.782. The molecule has 1 unspecified atom stereocenters. The number of benzene rings is 1. The van der Waals surface area contributed by atoms with Gasteiger partial charge in [0.2, 0.25) is 5.91 Å². The molecule has 0 saturated carbocycles. The fourth-order valence-electron chi connectivity index (χ4n) is 5.38. The number of piperidine rings is 2. The summed E-state index contributed by atoms with van der Waals surface area (Å²) in [4.78, 5) is 31.0. The van der Waals surface area contributed by atoms with Gasteiger partial charge in [-0.05, 0) is 81.6 Å². The van der Waals surface area contributed by atoms with Crippen molar-refractivity contribution >= 4 is 11.8 Å². The Balaban J connectivity index is 1.27. The molecule has 0 radical (unpaired) electrons. The van der Waals surface area contributed by atoms with Crippen LogP contribution in [0.5, 0.6) is 0 Å². The molecule has 5 nitrogen and oxygen atoms in total. The minimum absolute atomic E-state index is 0.0878. The van der Waals surface area contributed by atoms with Crippen LogP contribution in [0.15, 0.2) is 18.2 Å². The number of nitrogens with zero attached hydrogens (tertiary/aromatic N) is 3. The van der Waals surface area contributed by atoms with Crippen molar-refractivity contribution in [3.63, 3.8) is 0 Å². The third kappa shape index (κ3) is 4.18. The molecule has 158 valence electrons. The molecule has 1 aromatic carbocycles. The van der Waals surface area contributed by atoms with Crippen LogP contribution in [0.1, 0.15) is 48.0 Å². The summed E-state index contributed by atoms with van der Waals surface area (Å²) in [6, 6.07) is 4.92. The van der Waals surface area contributed by atoms with Gasteiger partial charge in [0.15, 0.2) is 0 Å². The van der Waals surface area contributed by atoms with Gasteiger partial charge in [-0.2, -0.15) is 0 Å². The van der Waals surface area contributed by atoms with Crippen LogP contribution in [0.25, 0.3) is 0 Å². The fourth-order valence-corrected chi connectivity index (χ4v) is 5.38. The van der Waals surface area contributed by atoms with E-state index in [1.165, 1.54) is 6.07 Å². The lowest BCUT2D eigenvalue weighted by Gasteiger charge is -2.41. The van der Waals surface area contributed by atoms with Crippen LogP contribution in [0.3, 0.4) is 0 Å². The molecule has 0 bridgehead atoms. The van der Waals surface area contributed by atoms with Crippen molar-refractivity contribution in [2.45, 2.75) is 45.1 Å². The summed E-state index contributed by atoms with van der Waals surface area (Å²) in [6.07, 6.45) is 5.22. The van der Waals surface area contributed by atoms with Crippen molar-refractivity contribution in [2.24, 2.45) is 11.8 Å². The smallest absolute Gasteiger partial charge is 0.256 e. The maximum Gasteiger partial charge on any atom is 0.256 e. The summed E-state index contributed by atoms with van der Waals surface area (Å²) in [6.45, 7) is 6.13. The zero-order valence-corrected chi connectivity index (χ0v) is 17.6. The van der Waals surface area contributed by atoms with E-state index in [1.54, 1.807) is 12.1 Å². The minimum atomic E-state index is -0.420. The number of rotatable bonds is 3. The molecule has 0 aliphatic carbocycles. The lowest BCUT2D eigenvalue weighted by molar-refractivity contribution is -0.131.